The maximum absolute atomic E-state index is 12.0. The maximum atomic E-state index is 12.0. The van der Waals surface area contributed by atoms with Crippen LogP contribution >= 0.6 is 0 Å². The number of nitrogens with zero attached hydrogens (tertiary/aromatic N) is 1. The number of benzene rings is 2. The number of hydrogen-bond acceptors (Lipinski definition) is 4. The molecule has 1 heterocycles. The Labute approximate surface area is 209 Å². The van der Waals surface area contributed by atoms with Crippen LogP contribution in [-0.2, 0) is 9.84 Å². The number of sulfone groups is 1. The minimum absolute atomic E-state index is 0.323. The number of hydrogen-bond donors (Lipinski definition) is 0. The Hall–Kier alpha value is -1.60. The van der Waals surface area contributed by atoms with E-state index in [0.29, 0.717) is 4.90 Å². The van der Waals surface area contributed by atoms with Gasteiger partial charge in [-0.1, -0.05) is 0 Å². The van der Waals surface area contributed by atoms with Crippen LogP contribution in [0.15, 0.2) is 64.0 Å². The van der Waals surface area contributed by atoms with Gasteiger partial charge >= 0.3 is 211 Å². The zero-order valence-electron chi connectivity index (χ0n) is 21.1. The summed E-state index contributed by atoms with van der Waals surface area (Å²) in [5.74, 6) is 0. The Kier molecular flexibility index (Phi) is 9.83. The van der Waals surface area contributed by atoms with Crippen molar-refractivity contribution in [2.75, 3.05) is 6.26 Å². The van der Waals surface area contributed by atoms with E-state index in [1.807, 2.05) is 18.2 Å². The third kappa shape index (κ3) is 6.34. The molecular weight excluding hydrogens is 549 g/mol. The molecule has 0 saturated heterocycles. The Morgan fingerprint density at radius 3 is 1.76 bits per heavy atom. The van der Waals surface area contributed by atoms with Crippen molar-refractivity contribution in [1.29, 1.82) is 0 Å². The molecule has 1 aromatic heterocycles. The van der Waals surface area contributed by atoms with Crippen LogP contribution in [0.3, 0.4) is 0 Å². The first-order valence-electron chi connectivity index (χ1n) is 12.7. The molecule has 2 aromatic carbocycles. The second-order valence-electron chi connectivity index (χ2n) is 9.49. The van der Waals surface area contributed by atoms with Gasteiger partial charge in [-0.05, 0) is 0 Å². The average Bonchev–Trinajstić information content (AvgIpc) is 3.30. The monoisotopic (exact) mass is 589 g/mol. The van der Waals surface area contributed by atoms with Gasteiger partial charge in [0.05, 0.1) is 0 Å². The summed E-state index contributed by atoms with van der Waals surface area (Å²) in [6.07, 6.45) is 8.58. The van der Waals surface area contributed by atoms with Gasteiger partial charge in [0, 0.05) is 0 Å². The van der Waals surface area contributed by atoms with Crippen molar-refractivity contribution in [3.8, 4) is 22.4 Å². The van der Waals surface area contributed by atoms with Crippen LogP contribution in [0.25, 0.3) is 22.4 Å². The van der Waals surface area contributed by atoms with Crippen molar-refractivity contribution in [1.82, 2.24) is 5.16 Å². The Morgan fingerprint density at radius 2 is 1.29 bits per heavy atom. The number of aromatic nitrogens is 1. The minimum atomic E-state index is -3.25. The molecule has 0 atom stereocenters. The summed E-state index contributed by atoms with van der Waals surface area (Å²) in [4.78, 5) is 0.323. The zero-order valence-corrected chi connectivity index (χ0v) is 24.8. The Balaban J connectivity index is 2.22. The molecule has 0 aliphatic rings. The molecule has 6 heteroatoms. The molecule has 0 bridgehead atoms. The molecule has 0 amide bonds. The van der Waals surface area contributed by atoms with E-state index in [1.165, 1.54) is 61.9 Å². The summed E-state index contributed by atoms with van der Waals surface area (Å²) in [5.41, 5.74) is 4.04. The van der Waals surface area contributed by atoms with E-state index in [2.05, 4.69) is 50.2 Å². The van der Waals surface area contributed by atoms with Gasteiger partial charge in [0.15, 0.2) is 0 Å². The van der Waals surface area contributed by atoms with Crippen LogP contribution in [0, 0.1) is 0 Å². The molecule has 0 spiro atoms. The van der Waals surface area contributed by atoms with Crippen molar-refractivity contribution in [2.24, 2.45) is 0 Å². The predicted octanol–water partition coefficient (Wildman–Crippen LogP) is 7.47. The average molecular weight is 588 g/mol. The molecule has 3 rings (SSSR count). The van der Waals surface area contributed by atoms with Gasteiger partial charge in [-0.15, -0.1) is 0 Å². The van der Waals surface area contributed by atoms with Crippen LogP contribution in [0.4, 0.5) is 0 Å². The molecule has 34 heavy (non-hydrogen) atoms. The van der Waals surface area contributed by atoms with Gasteiger partial charge in [0.1, 0.15) is 0 Å². The first-order chi connectivity index (χ1) is 16.4. The van der Waals surface area contributed by atoms with E-state index in [9.17, 15) is 8.42 Å². The van der Waals surface area contributed by atoms with E-state index < -0.39 is 28.2 Å². The molecule has 0 aliphatic heterocycles. The summed E-state index contributed by atoms with van der Waals surface area (Å²) in [7, 11) is -3.25. The molecule has 0 aliphatic carbocycles. The number of rotatable bonds is 13. The number of unbranched alkanes of at least 4 members (excludes halogenated alkanes) is 3. The third-order valence-corrected chi connectivity index (χ3v) is 22.9. The molecule has 0 fully saturated rings. The SMILES string of the molecule is CCC[CH2][Sn]([CH2]CCC)([CH2]CCC)[c]1onc(-c2ccc(S(C)(=O)=O)cc2)c1-c1ccccc1. The van der Waals surface area contributed by atoms with Crippen LogP contribution in [0.1, 0.15) is 59.3 Å². The fourth-order valence-electron chi connectivity index (χ4n) is 4.84. The van der Waals surface area contributed by atoms with Gasteiger partial charge in [-0.3, -0.25) is 0 Å². The molecule has 0 unspecified atom stereocenters. The van der Waals surface area contributed by atoms with Gasteiger partial charge < -0.3 is 0 Å². The van der Waals surface area contributed by atoms with Crippen LogP contribution < -0.4 is 3.78 Å². The normalized spacial score (nSPS) is 12.2. The molecule has 184 valence electrons. The quantitative estimate of drug-likeness (QED) is 0.195. The zero-order chi connectivity index (χ0) is 24.6. The van der Waals surface area contributed by atoms with Gasteiger partial charge in [-0.2, -0.15) is 0 Å². The van der Waals surface area contributed by atoms with E-state index in [4.69, 9.17) is 4.52 Å². The molecule has 0 radical (unpaired) electrons. The predicted molar refractivity (Wildman–Crippen MR) is 145 cm³/mol. The second-order valence-corrected chi connectivity index (χ2v) is 24.4. The van der Waals surface area contributed by atoms with E-state index in [-0.39, 0.29) is 0 Å². The van der Waals surface area contributed by atoms with Crippen LogP contribution in [-0.4, -0.2) is 38.2 Å². The van der Waals surface area contributed by atoms with Crippen LogP contribution in [0.5, 0.6) is 0 Å². The van der Waals surface area contributed by atoms with Crippen molar-refractivity contribution in [2.45, 2.75) is 77.5 Å². The van der Waals surface area contributed by atoms with E-state index in [0.717, 1.165) is 22.4 Å². The first-order valence-corrected chi connectivity index (χ1v) is 22.1. The van der Waals surface area contributed by atoms with Gasteiger partial charge in [-0.25, -0.2) is 0 Å². The van der Waals surface area contributed by atoms with E-state index >= 15 is 0 Å². The fourth-order valence-corrected chi connectivity index (χ4v) is 21.3. The molecular formula is C28H39NO3SSn. The summed E-state index contributed by atoms with van der Waals surface area (Å²) in [6, 6.07) is 17.6. The van der Waals surface area contributed by atoms with Crippen molar-refractivity contribution < 1.29 is 12.9 Å². The Morgan fingerprint density at radius 1 is 0.765 bits per heavy atom. The molecule has 3 aromatic rings. The van der Waals surface area contributed by atoms with Crippen molar-refractivity contribution in [3.63, 3.8) is 0 Å². The van der Waals surface area contributed by atoms with E-state index in [1.54, 1.807) is 12.1 Å². The third-order valence-electron chi connectivity index (χ3n) is 6.82. The topological polar surface area (TPSA) is 60.2 Å². The molecule has 0 N–H and O–H groups in total. The molecule has 4 nitrogen and oxygen atoms in total. The summed E-state index contributed by atoms with van der Waals surface area (Å²) >= 11 is -2.91. The Bertz CT molecular complexity index is 1120. The van der Waals surface area contributed by atoms with Gasteiger partial charge in [0.2, 0.25) is 0 Å². The summed E-state index contributed by atoms with van der Waals surface area (Å²) < 4.78 is 35.4. The van der Waals surface area contributed by atoms with Crippen molar-refractivity contribution >= 4 is 32.0 Å². The van der Waals surface area contributed by atoms with Gasteiger partial charge in [0.25, 0.3) is 0 Å². The summed E-state index contributed by atoms with van der Waals surface area (Å²) in [5, 5.41) is 4.67. The first kappa shape index (κ1) is 27.0. The standard InChI is InChI=1S/C16H12NO3S.3C4H9.Sn/c1-21(18,19)14-9-7-13(8-10-14)16-15(11-20-17-16)12-5-3-2-4-6-12;3*1-3-4-2;/h2-10H,1H3;3*1,3-4H2,2H3;. The summed E-state index contributed by atoms with van der Waals surface area (Å²) in [6.45, 7) is 6.84. The van der Waals surface area contributed by atoms with Crippen LogP contribution in [0.2, 0.25) is 13.3 Å². The molecule has 0 saturated carbocycles. The fraction of sp³-hybridized carbons (Fsp3) is 0.464. The van der Waals surface area contributed by atoms with Crippen molar-refractivity contribution in [3.05, 3.63) is 54.6 Å². The second kappa shape index (κ2) is 12.4.